The van der Waals surface area contributed by atoms with Gasteiger partial charge in [0, 0.05) is 31.0 Å². The Morgan fingerprint density at radius 1 is 1.04 bits per heavy atom. The maximum absolute atomic E-state index is 12.0. The van der Waals surface area contributed by atoms with E-state index in [-0.39, 0.29) is 5.69 Å². The zero-order valence-electron chi connectivity index (χ0n) is 15.1. The van der Waals surface area contributed by atoms with Crippen LogP contribution in [0.1, 0.15) is 10.5 Å². The summed E-state index contributed by atoms with van der Waals surface area (Å²) in [5, 5.41) is 9.01. The minimum Gasteiger partial charge on any atom is -0.378 e. The number of anilines is 1. The van der Waals surface area contributed by atoms with E-state index < -0.39 is 5.91 Å². The molecule has 0 saturated carbocycles. The van der Waals surface area contributed by atoms with Crippen molar-refractivity contribution in [2.45, 2.75) is 0 Å². The highest BCUT2D eigenvalue weighted by molar-refractivity contribution is 5.92. The normalized spacial score (nSPS) is 14.0. The van der Waals surface area contributed by atoms with Crippen LogP contribution in [-0.4, -0.2) is 52.4 Å². The molecule has 1 amide bonds. The molecule has 4 rings (SSSR count). The Kier molecular flexibility index (Phi) is 5.22. The van der Waals surface area contributed by atoms with Crippen LogP contribution in [0.15, 0.2) is 54.9 Å². The first-order valence-electron chi connectivity index (χ1n) is 8.91. The Morgan fingerprint density at radius 3 is 2.46 bits per heavy atom. The van der Waals surface area contributed by atoms with E-state index in [1.807, 2.05) is 41.3 Å². The number of morpholine rings is 1. The fraction of sp³-hybridized carbons (Fsp3) is 0.200. The fourth-order valence-electron chi connectivity index (χ4n) is 3.03. The third kappa shape index (κ3) is 3.83. The van der Waals surface area contributed by atoms with Gasteiger partial charge in [-0.05, 0) is 23.3 Å². The van der Waals surface area contributed by atoms with Crippen LogP contribution >= 0.6 is 0 Å². The van der Waals surface area contributed by atoms with Gasteiger partial charge >= 0.3 is 0 Å². The van der Waals surface area contributed by atoms with Gasteiger partial charge < -0.3 is 9.64 Å². The molecule has 0 bridgehead atoms. The summed E-state index contributed by atoms with van der Waals surface area (Å²) in [5.74, 6) is -0.235. The zero-order chi connectivity index (χ0) is 19.3. The molecule has 1 fully saturated rings. The summed E-state index contributed by atoms with van der Waals surface area (Å²) >= 11 is 0. The molecule has 2 aromatic heterocycles. The number of benzene rings is 1. The van der Waals surface area contributed by atoms with Crippen molar-refractivity contribution in [3.63, 3.8) is 0 Å². The molecule has 1 saturated heterocycles. The van der Waals surface area contributed by atoms with Gasteiger partial charge in [-0.3, -0.25) is 15.0 Å². The maximum Gasteiger partial charge on any atom is 0.293 e. The van der Waals surface area contributed by atoms with Gasteiger partial charge in [0.05, 0.1) is 18.9 Å². The molecule has 2 N–H and O–H groups in total. The Labute approximate surface area is 161 Å². The standard InChI is InChI=1S/C20H19N5O3/c26-19(24-27)18-12-17(22-20(23-18)25-8-10-28-11-9-25)15-5-3-14(4-6-15)16-2-1-7-21-13-16/h1-7,12-13,27H,8-11H2,(H,24,26). The van der Waals surface area contributed by atoms with Crippen molar-refractivity contribution in [1.29, 1.82) is 0 Å². The smallest absolute Gasteiger partial charge is 0.293 e. The molecular weight excluding hydrogens is 358 g/mol. The third-order valence-corrected chi connectivity index (χ3v) is 4.52. The third-order valence-electron chi connectivity index (χ3n) is 4.52. The molecule has 0 atom stereocenters. The lowest BCUT2D eigenvalue weighted by atomic mass is 10.0. The highest BCUT2D eigenvalue weighted by Gasteiger charge is 2.18. The average Bonchev–Trinajstić information content (AvgIpc) is 2.79. The van der Waals surface area contributed by atoms with Gasteiger partial charge in [0.25, 0.3) is 5.91 Å². The monoisotopic (exact) mass is 377 g/mol. The van der Waals surface area contributed by atoms with Crippen molar-refractivity contribution in [2.75, 3.05) is 31.2 Å². The van der Waals surface area contributed by atoms with Gasteiger partial charge in [-0.2, -0.15) is 0 Å². The summed E-state index contributed by atoms with van der Waals surface area (Å²) < 4.78 is 5.37. The second-order valence-corrected chi connectivity index (χ2v) is 6.30. The number of nitrogens with zero attached hydrogens (tertiary/aromatic N) is 4. The number of carbonyl (C=O) groups is 1. The quantitative estimate of drug-likeness (QED) is 0.531. The number of hydrogen-bond acceptors (Lipinski definition) is 7. The van der Waals surface area contributed by atoms with Crippen molar-refractivity contribution < 1.29 is 14.7 Å². The van der Waals surface area contributed by atoms with E-state index in [1.165, 1.54) is 0 Å². The first kappa shape index (κ1) is 18.0. The lowest BCUT2D eigenvalue weighted by Gasteiger charge is -2.27. The van der Waals surface area contributed by atoms with E-state index in [0.717, 1.165) is 16.7 Å². The lowest BCUT2D eigenvalue weighted by molar-refractivity contribution is 0.0700. The van der Waals surface area contributed by atoms with Crippen LogP contribution in [0.4, 0.5) is 5.95 Å². The molecule has 8 heteroatoms. The molecule has 0 radical (unpaired) electrons. The van der Waals surface area contributed by atoms with Gasteiger partial charge in [0.1, 0.15) is 5.69 Å². The van der Waals surface area contributed by atoms with Crippen molar-refractivity contribution >= 4 is 11.9 Å². The summed E-state index contributed by atoms with van der Waals surface area (Å²) in [6.45, 7) is 2.44. The predicted molar refractivity (Wildman–Crippen MR) is 103 cm³/mol. The van der Waals surface area contributed by atoms with Crippen LogP contribution in [-0.2, 0) is 4.74 Å². The topological polar surface area (TPSA) is 100 Å². The lowest BCUT2D eigenvalue weighted by Crippen LogP contribution is -2.37. The number of carbonyl (C=O) groups excluding carboxylic acids is 1. The first-order valence-corrected chi connectivity index (χ1v) is 8.91. The second-order valence-electron chi connectivity index (χ2n) is 6.30. The van der Waals surface area contributed by atoms with Crippen molar-refractivity contribution in [2.24, 2.45) is 0 Å². The maximum atomic E-state index is 12.0. The number of rotatable bonds is 4. The van der Waals surface area contributed by atoms with E-state index >= 15 is 0 Å². The molecule has 1 aliphatic heterocycles. The predicted octanol–water partition coefficient (Wildman–Crippen LogP) is 2.16. The second kappa shape index (κ2) is 8.12. The minimum atomic E-state index is -0.676. The number of ether oxygens (including phenoxy) is 1. The Balaban J connectivity index is 1.70. The van der Waals surface area contributed by atoms with Crippen molar-refractivity contribution in [3.05, 3.63) is 60.6 Å². The van der Waals surface area contributed by atoms with E-state index in [9.17, 15) is 4.79 Å². The number of hydroxylamine groups is 1. The van der Waals surface area contributed by atoms with Crippen LogP contribution in [0.2, 0.25) is 0 Å². The Bertz CT molecular complexity index is 957. The largest absolute Gasteiger partial charge is 0.378 e. The number of pyridine rings is 1. The van der Waals surface area contributed by atoms with E-state index in [1.54, 1.807) is 23.9 Å². The van der Waals surface area contributed by atoms with Gasteiger partial charge in [-0.25, -0.2) is 15.4 Å². The van der Waals surface area contributed by atoms with E-state index in [2.05, 4.69) is 15.0 Å². The van der Waals surface area contributed by atoms with Gasteiger partial charge in [0.2, 0.25) is 5.95 Å². The summed E-state index contributed by atoms with van der Waals surface area (Å²) in [6.07, 6.45) is 3.54. The fourth-order valence-corrected chi connectivity index (χ4v) is 3.03. The van der Waals surface area contributed by atoms with Crippen LogP contribution in [0, 0.1) is 0 Å². The highest BCUT2D eigenvalue weighted by atomic mass is 16.5. The summed E-state index contributed by atoms with van der Waals surface area (Å²) in [4.78, 5) is 27.0. The van der Waals surface area contributed by atoms with Gasteiger partial charge in [-0.15, -0.1) is 0 Å². The molecule has 0 spiro atoms. The van der Waals surface area contributed by atoms with Gasteiger partial charge in [-0.1, -0.05) is 30.3 Å². The molecule has 0 aliphatic carbocycles. The number of amides is 1. The minimum absolute atomic E-state index is 0.102. The summed E-state index contributed by atoms with van der Waals surface area (Å²) in [5.41, 5.74) is 5.25. The number of hydrogen-bond donors (Lipinski definition) is 2. The van der Waals surface area contributed by atoms with Crippen molar-refractivity contribution in [1.82, 2.24) is 20.4 Å². The number of nitrogens with one attached hydrogen (secondary N) is 1. The van der Waals surface area contributed by atoms with E-state index in [4.69, 9.17) is 9.94 Å². The Hall–Kier alpha value is -3.36. The van der Waals surface area contributed by atoms with Gasteiger partial charge in [0.15, 0.2) is 0 Å². The van der Waals surface area contributed by atoms with Crippen LogP contribution in [0.25, 0.3) is 22.4 Å². The highest BCUT2D eigenvalue weighted by Crippen LogP contribution is 2.25. The van der Waals surface area contributed by atoms with E-state index in [0.29, 0.717) is 37.9 Å². The molecule has 3 heterocycles. The first-order chi connectivity index (χ1) is 13.7. The van der Waals surface area contributed by atoms with Crippen LogP contribution in [0.3, 0.4) is 0 Å². The molecule has 8 nitrogen and oxygen atoms in total. The SMILES string of the molecule is O=C(NO)c1cc(-c2ccc(-c3cccnc3)cc2)nc(N2CCOCC2)n1. The molecule has 28 heavy (non-hydrogen) atoms. The van der Waals surface area contributed by atoms with Crippen molar-refractivity contribution in [3.8, 4) is 22.4 Å². The molecule has 142 valence electrons. The molecule has 1 aromatic carbocycles. The summed E-state index contributed by atoms with van der Waals surface area (Å²) in [7, 11) is 0. The summed E-state index contributed by atoms with van der Waals surface area (Å²) in [6, 6.07) is 13.3. The van der Waals surface area contributed by atoms with Crippen LogP contribution in [0.5, 0.6) is 0 Å². The average molecular weight is 377 g/mol. The number of aromatic nitrogens is 3. The molecule has 3 aromatic rings. The molecule has 1 aliphatic rings. The zero-order valence-corrected chi connectivity index (χ0v) is 15.1. The Morgan fingerprint density at radius 2 is 1.79 bits per heavy atom. The molecular formula is C20H19N5O3. The molecule has 0 unspecified atom stereocenters. The van der Waals surface area contributed by atoms with Crippen LogP contribution < -0.4 is 10.4 Å².